The summed E-state index contributed by atoms with van der Waals surface area (Å²) in [6.07, 6.45) is 1.37. The number of hydrogen-bond acceptors (Lipinski definition) is 4. The third-order valence-electron chi connectivity index (χ3n) is 3.15. The summed E-state index contributed by atoms with van der Waals surface area (Å²) in [4.78, 5) is 24.9. The van der Waals surface area contributed by atoms with Gasteiger partial charge in [-0.1, -0.05) is 12.1 Å². The Balaban J connectivity index is 2.22. The average Bonchev–Trinajstić information content (AvgIpc) is 3.03. The molecule has 0 aliphatic heterocycles. The quantitative estimate of drug-likeness (QED) is 0.849. The molecule has 0 aliphatic rings. The summed E-state index contributed by atoms with van der Waals surface area (Å²) in [5, 5.41) is 8.86. The average molecular weight is 303 g/mol. The molecule has 1 heterocycles. The van der Waals surface area contributed by atoms with Crippen LogP contribution >= 0.6 is 0 Å². The van der Waals surface area contributed by atoms with Gasteiger partial charge in [0.1, 0.15) is 11.5 Å². The van der Waals surface area contributed by atoms with Gasteiger partial charge >= 0.3 is 5.97 Å². The number of carboxylic acid groups (broad SMARTS) is 1. The van der Waals surface area contributed by atoms with Gasteiger partial charge in [0.15, 0.2) is 0 Å². The highest BCUT2D eigenvalue weighted by atomic mass is 16.5. The topological polar surface area (TPSA) is 80.0 Å². The minimum Gasteiger partial charge on any atom is -0.496 e. The fourth-order valence-electron chi connectivity index (χ4n) is 2.07. The lowest BCUT2D eigenvalue weighted by atomic mass is 10.1. The second-order valence-electron chi connectivity index (χ2n) is 4.65. The molecule has 1 aromatic carbocycles. The van der Waals surface area contributed by atoms with E-state index in [9.17, 15) is 9.59 Å². The van der Waals surface area contributed by atoms with E-state index in [1.807, 2.05) is 0 Å². The van der Waals surface area contributed by atoms with E-state index in [1.165, 1.54) is 18.3 Å². The summed E-state index contributed by atoms with van der Waals surface area (Å²) in [6, 6.07) is 10.3. The van der Waals surface area contributed by atoms with Crippen molar-refractivity contribution in [3.63, 3.8) is 0 Å². The molecule has 22 heavy (non-hydrogen) atoms. The molecule has 0 atom stereocenters. The van der Waals surface area contributed by atoms with Crippen molar-refractivity contribution < 1.29 is 23.8 Å². The number of carbonyl (C=O) groups is 2. The van der Waals surface area contributed by atoms with Gasteiger partial charge in [-0.3, -0.25) is 9.59 Å². The van der Waals surface area contributed by atoms with Gasteiger partial charge in [-0.05, 0) is 24.3 Å². The summed E-state index contributed by atoms with van der Waals surface area (Å²) in [5.74, 6) is -0.215. The maximum atomic E-state index is 12.7. The summed E-state index contributed by atoms with van der Waals surface area (Å²) < 4.78 is 10.4. The van der Waals surface area contributed by atoms with Crippen LogP contribution in [0.1, 0.15) is 22.5 Å². The lowest BCUT2D eigenvalue weighted by Crippen LogP contribution is -2.32. The number of nitrogens with zero attached hydrogens (tertiary/aromatic N) is 1. The summed E-state index contributed by atoms with van der Waals surface area (Å²) in [5.41, 5.74) is 0.391. The molecule has 2 aromatic rings. The Hall–Kier alpha value is -2.76. The van der Waals surface area contributed by atoms with Gasteiger partial charge in [0, 0.05) is 6.54 Å². The number of benzene rings is 1. The van der Waals surface area contributed by atoms with Crippen LogP contribution in [-0.2, 0) is 11.3 Å². The highest BCUT2D eigenvalue weighted by Gasteiger charge is 2.21. The standard InChI is InChI=1S/C16H17NO5/c1-21-14-7-3-2-6-13(14)16(20)17(9-8-15(18)19)11-12-5-4-10-22-12/h2-7,10H,8-9,11H2,1H3,(H,18,19). The summed E-state index contributed by atoms with van der Waals surface area (Å²) in [7, 11) is 1.49. The molecule has 1 amide bonds. The van der Waals surface area contributed by atoms with Crippen LogP contribution in [0.4, 0.5) is 0 Å². The summed E-state index contributed by atoms with van der Waals surface area (Å²) >= 11 is 0. The first-order valence-electron chi connectivity index (χ1n) is 6.78. The third-order valence-corrected chi connectivity index (χ3v) is 3.15. The number of para-hydroxylation sites is 1. The third kappa shape index (κ3) is 3.88. The zero-order valence-corrected chi connectivity index (χ0v) is 12.2. The largest absolute Gasteiger partial charge is 0.496 e. The molecular formula is C16H17NO5. The molecule has 6 heteroatoms. The van der Waals surface area contributed by atoms with E-state index in [2.05, 4.69) is 0 Å². The number of methoxy groups -OCH3 is 1. The monoisotopic (exact) mass is 303 g/mol. The van der Waals surface area contributed by atoms with Crippen LogP contribution in [-0.4, -0.2) is 35.5 Å². The Morgan fingerprint density at radius 1 is 1.23 bits per heavy atom. The molecule has 0 fully saturated rings. The number of rotatable bonds is 7. The van der Waals surface area contributed by atoms with Crippen LogP contribution in [0.25, 0.3) is 0 Å². The molecule has 0 bridgehead atoms. The Kier molecular flexibility index (Phi) is 5.19. The minimum absolute atomic E-state index is 0.0902. The number of carboxylic acids is 1. The van der Waals surface area contributed by atoms with E-state index >= 15 is 0 Å². The highest BCUT2D eigenvalue weighted by Crippen LogP contribution is 2.20. The van der Waals surface area contributed by atoms with E-state index in [-0.39, 0.29) is 25.4 Å². The molecule has 0 saturated heterocycles. The highest BCUT2D eigenvalue weighted by molar-refractivity contribution is 5.97. The van der Waals surface area contributed by atoms with Crippen LogP contribution < -0.4 is 4.74 Å². The number of ether oxygens (including phenoxy) is 1. The molecule has 1 N–H and O–H groups in total. The first-order chi connectivity index (χ1) is 10.6. The Morgan fingerprint density at radius 3 is 2.64 bits per heavy atom. The molecule has 6 nitrogen and oxygen atoms in total. The Morgan fingerprint density at radius 2 is 2.00 bits per heavy atom. The predicted molar refractivity (Wildman–Crippen MR) is 78.7 cm³/mol. The van der Waals surface area contributed by atoms with Crippen LogP contribution in [0, 0.1) is 0 Å². The van der Waals surface area contributed by atoms with E-state index in [0.717, 1.165) is 0 Å². The van der Waals surface area contributed by atoms with Crippen molar-refractivity contribution in [2.24, 2.45) is 0 Å². The maximum absolute atomic E-state index is 12.7. The zero-order chi connectivity index (χ0) is 15.9. The van der Waals surface area contributed by atoms with Crippen molar-refractivity contribution in [1.29, 1.82) is 0 Å². The Bertz CT molecular complexity index is 636. The fraction of sp³-hybridized carbons (Fsp3) is 0.250. The normalized spacial score (nSPS) is 10.2. The van der Waals surface area contributed by atoms with Crippen LogP contribution in [0.2, 0.25) is 0 Å². The lowest BCUT2D eigenvalue weighted by molar-refractivity contribution is -0.137. The number of carbonyl (C=O) groups excluding carboxylic acids is 1. The van der Waals surface area contributed by atoms with Crippen molar-refractivity contribution in [2.45, 2.75) is 13.0 Å². The first-order valence-corrected chi connectivity index (χ1v) is 6.78. The van der Waals surface area contributed by atoms with Crippen LogP contribution in [0.3, 0.4) is 0 Å². The van der Waals surface area contributed by atoms with Crippen molar-refractivity contribution >= 4 is 11.9 Å². The van der Waals surface area contributed by atoms with Gasteiger partial charge in [0.2, 0.25) is 0 Å². The molecule has 2 rings (SSSR count). The van der Waals surface area contributed by atoms with Gasteiger partial charge in [0.25, 0.3) is 5.91 Å². The van der Waals surface area contributed by atoms with Crippen LogP contribution in [0.15, 0.2) is 47.1 Å². The SMILES string of the molecule is COc1ccccc1C(=O)N(CCC(=O)O)Cc1ccco1. The number of aliphatic carboxylic acids is 1. The van der Waals surface area contributed by atoms with Gasteiger partial charge < -0.3 is 19.2 Å². The van der Waals surface area contributed by atoms with Crippen molar-refractivity contribution in [2.75, 3.05) is 13.7 Å². The minimum atomic E-state index is -0.961. The van der Waals surface area contributed by atoms with Gasteiger partial charge in [-0.15, -0.1) is 0 Å². The van der Waals surface area contributed by atoms with Gasteiger partial charge in [-0.2, -0.15) is 0 Å². The van der Waals surface area contributed by atoms with E-state index in [4.69, 9.17) is 14.3 Å². The predicted octanol–water partition coefficient (Wildman–Crippen LogP) is 2.41. The molecule has 0 unspecified atom stereocenters. The second kappa shape index (κ2) is 7.31. The van der Waals surface area contributed by atoms with Crippen molar-refractivity contribution in [3.8, 4) is 5.75 Å². The lowest BCUT2D eigenvalue weighted by Gasteiger charge is -2.22. The van der Waals surface area contributed by atoms with E-state index in [1.54, 1.807) is 36.4 Å². The second-order valence-corrected chi connectivity index (χ2v) is 4.65. The zero-order valence-electron chi connectivity index (χ0n) is 12.2. The van der Waals surface area contributed by atoms with Crippen molar-refractivity contribution in [3.05, 3.63) is 54.0 Å². The fourth-order valence-corrected chi connectivity index (χ4v) is 2.07. The molecule has 0 spiro atoms. The first kappa shape index (κ1) is 15.6. The molecule has 0 aliphatic carbocycles. The van der Waals surface area contributed by atoms with Gasteiger partial charge in [0.05, 0.1) is 31.9 Å². The molecule has 0 radical (unpaired) electrons. The smallest absolute Gasteiger partial charge is 0.305 e. The van der Waals surface area contributed by atoms with E-state index in [0.29, 0.717) is 17.1 Å². The van der Waals surface area contributed by atoms with Gasteiger partial charge in [-0.25, -0.2) is 0 Å². The molecular weight excluding hydrogens is 286 g/mol. The van der Waals surface area contributed by atoms with E-state index < -0.39 is 5.97 Å². The number of hydrogen-bond donors (Lipinski definition) is 1. The molecule has 1 aromatic heterocycles. The molecule has 116 valence electrons. The van der Waals surface area contributed by atoms with Crippen LogP contribution in [0.5, 0.6) is 5.75 Å². The number of furan rings is 1. The number of amides is 1. The maximum Gasteiger partial charge on any atom is 0.305 e. The Labute approximate surface area is 127 Å². The molecule has 0 saturated carbocycles. The van der Waals surface area contributed by atoms with Crippen molar-refractivity contribution in [1.82, 2.24) is 4.90 Å². The summed E-state index contributed by atoms with van der Waals surface area (Å²) in [6.45, 7) is 0.296.